The van der Waals surface area contributed by atoms with E-state index in [0.29, 0.717) is 23.6 Å². The quantitative estimate of drug-likeness (QED) is 0.894. The minimum atomic E-state index is -0.802. The van der Waals surface area contributed by atoms with E-state index >= 15 is 0 Å². The van der Waals surface area contributed by atoms with Crippen molar-refractivity contribution in [1.82, 2.24) is 0 Å². The number of carbonyl (C=O) groups is 2. The van der Waals surface area contributed by atoms with Gasteiger partial charge >= 0.3 is 5.97 Å². The first kappa shape index (κ1) is 13.9. The maximum absolute atomic E-state index is 12.1. The summed E-state index contributed by atoms with van der Waals surface area (Å²) < 4.78 is 0. The zero-order valence-electron chi connectivity index (χ0n) is 10.4. The van der Waals surface area contributed by atoms with Crippen LogP contribution in [0.2, 0.25) is 5.02 Å². The van der Waals surface area contributed by atoms with Gasteiger partial charge < -0.3 is 10.4 Å². The van der Waals surface area contributed by atoms with Gasteiger partial charge in [0.25, 0.3) is 0 Å². The van der Waals surface area contributed by atoms with Gasteiger partial charge in [-0.1, -0.05) is 18.0 Å². The summed E-state index contributed by atoms with van der Waals surface area (Å²) in [6.07, 6.45) is 2.63. The van der Waals surface area contributed by atoms with Gasteiger partial charge in [0, 0.05) is 16.6 Å². The Hall–Kier alpha value is -1.55. The predicted octanol–water partition coefficient (Wildman–Crippen LogP) is 3.17. The maximum atomic E-state index is 12.1. The molecule has 1 aromatic carbocycles. The molecule has 0 spiro atoms. The Labute approximate surface area is 116 Å². The first-order valence-electron chi connectivity index (χ1n) is 6.35. The lowest BCUT2D eigenvalue weighted by Crippen LogP contribution is -2.30. The van der Waals surface area contributed by atoms with Gasteiger partial charge in [-0.3, -0.25) is 9.59 Å². The topological polar surface area (TPSA) is 66.4 Å². The number of aliphatic carboxylic acids is 1. The molecule has 0 aliphatic heterocycles. The number of halogens is 1. The van der Waals surface area contributed by atoms with Crippen LogP contribution in [-0.2, 0) is 9.59 Å². The predicted molar refractivity (Wildman–Crippen MR) is 73.2 cm³/mol. The number of benzene rings is 1. The normalized spacial score (nSPS) is 22.8. The molecule has 1 fully saturated rings. The Morgan fingerprint density at radius 3 is 2.42 bits per heavy atom. The van der Waals surface area contributed by atoms with Crippen molar-refractivity contribution in [3.63, 3.8) is 0 Å². The van der Waals surface area contributed by atoms with E-state index in [0.717, 1.165) is 12.8 Å². The summed E-state index contributed by atoms with van der Waals surface area (Å²) in [5.74, 6) is -1.52. The van der Waals surface area contributed by atoms with Gasteiger partial charge in [0.05, 0.1) is 5.92 Å². The highest BCUT2D eigenvalue weighted by molar-refractivity contribution is 6.30. The second-order valence-electron chi connectivity index (χ2n) is 4.89. The second-order valence-corrected chi connectivity index (χ2v) is 5.33. The third-order valence-electron chi connectivity index (χ3n) is 3.51. The lowest BCUT2D eigenvalue weighted by Gasteiger charge is -2.25. The van der Waals surface area contributed by atoms with Crippen molar-refractivity contribution in [2.24, 2.45) is 11.8 Å². The molecule has 4 nitrogen and oxygen atoms in total. The molecular weight excluding hydrogens is 266 g/mol. The summed E-state index contributed by atoms with van der Waals surface area (Å²) in [7, 11) is 0. The van der Waals surface area contributed by atoms with E-state index in [2.05, 4.69) is 5.32 Å². The van der Waals surface area contributed by atoms with Gasteiger partial charge in [-0.2, -0.15) is 0 Å². The molecule has 1 aliphatic carbocycles. The Morgan fingerprint density at radius 2 is 1.79 bits per heavy atom. The highest BCUT2D eigenvalue weighted by atomic mass is 35.5. The number of hydrogen-bond donors (Lipinski definition) is 2. The fraction of sp³-hybridized carbons (Fsp3) is 0.429. The van der Waals surface area contributed by atoms with E-state index < -0.39 is 11.9 Å². The van der Waals surface area contributed by atoms with Gasteiger partial charge in [0.15, 0.2) is 0 Å². The summed E-state index contributed by atoms with van der Waals surface area (Å²) in [5.41, 5.74) is 0.687. The molecule has 1 aliphatic rings. The summed E-state index contributed by atoms with van der Waals surface area (Å²) in [6.45, 7) is 0. The van der Waals surface area contributed by atoms with Crippen molar-refractivity contribution in [3.05, 3.63) is 29.3 Å². The minimum Gasteiger partial charge on any atom is -0.481 e. The number of anilines is 1. The average Bonchev–Trinajstić information content (AvgIpc) is 2.41. The van der Waals surface area contributed by atoms with E-state index in [9.17, 15) is 9.59 Å². The number of carbonyl (C=O) groups excluding carboxylic acids is 1. The summed E-state index contributed by atoms with van der Waals surface area (Å²) in [4.78, 5) is 23.1. The van der Waals surface area contributed by atoms with E-state index in [1.54, 1.807) is 24.3 Å². The van der Waals surface area contributed by atoms with Gasteiger partial charge in [0.1, 0.15) is 0 Å². The molecule has 1 saturated carbocycles. The molecule has 0 aromatic heterocycles. The summed E-state index contributed by atoms with van der Waals surface area (Å²) in [6, 6.07) is 6.88. The number of carboxylic acids is 1. The van der Waals surface area contributed by atoms with Crippen LogP contribution in [0.4, 0.5) is 5.69 Å². The average molecular weight is 282 g/mol. The number of hydrogen-bond acceptors (Lipinski definition) is 2. The monoisotopic (exact) mass is 281 g/mol. The van der Waals surface area contributed by atoms with Gasteiger partial charge in [-0.25, -0.2) is 0 Å². The van der Waals surface area contributed by atoms with Gasteiger partial charge in [0.2, 0.25) is 5.91 Å². The fourth-order valence-corrected chi connectivity index (χ4v) is 2.56. The molecule has 0 heterocycles. The molecule has 1 amide bonds. The van der Waals surface area contributed by atoms with Crippen molar-refractivity contribution in [1.29, 1.82) is 0 Å². The highest BCUT2D eigenvalue weighted by Gasteiger charge is 2.30. The standard InChI is InChI=1S/C14H16ClNO3/c15-11-4-6-12(7-5-11)16-13(17)9-2-1-3-10(8-9)14(18)19/h4-7,9-10H,1-3,8H2,(H,16,17)(H,18,19). The molecule has 0 saturated heterocycles. The fourth-order valence-electron chi connectivity index (χ4n) is 2.43. The summed E-state index contributed by atoms with van der Waals surface area (Å²) >= 11 is 5.77. The molecule has 19 heavy (non-hydrogen) atoms. The molecule has 2 N–H and O–H groups in total. The van der Waals surface area contributed by atoms with Crippen LogP contribution < -0.4 is 5.32 Å². The Kier molecular flexibility index (Phi) is 4.43. The third-order valence-corrected chi connectivity index (χ3v) is 3.76. The lowest BCUT2D eigenvalue weighted by molar-refractivity contribution is -0.143. The molecular formula is C14H16ClNO3. The SMILES string of the molecule is O=C(O)C1CCCC(C(=O)Nc2ccc(Cl)cc2)C1. The molecule has 2 atom stereocenters. The van der Waals surface area contributed by atoms with Crippen molar-refractivity contribution in [2.45, 2.75) is 25.7 Å². The second kappa shape index (κ2) is 6.06. The number of amides is 1. The van der Waals surface area contributed by atoms with E-state index in [1.807, 2.05) is 0 Å². The first-order chi connectivity index (χ1) is 9.06. The molecule has 1 aromatic rings. The number of carboxylic acid groups (broad SMARTS) is 1. The molecule has 102 valence electrons. The van der Waals surface area contributed by atoms with Crippen LogP contribution >= 0.6 is 11.6 Å². The van der Waals surface area contributed by atoms with Crippen LogP contribution in [0.1, 0.15) is 25.7 Å². The highest BCUT2D eigenvalue weighted by Crippen LogP contribution is 2.30. The van der Waals surface area contributed by atoms with Crippen molar-refractivity contribution in [3.8, 4) is 0 Å². The Bertz CT molecular complexity index is 472. The minimum absolute atomic E-state index is 0.103. The maximum Gasteiger partial charge on any atom is 0.306 e. The Morgan fingerprint density at radius 1 is 1.16 bits per heavy atom. The zero-order chi connectivity index (χ0) is 13.8. The summed E-state index contributed by atoms with van der Waals surface area (Å²) in [5, 5.41) is 12.4. The van der Waals surface area contributed by atoms with E-state index in [-0.39, 0.29) is 11.8 Å². The van der Waals surface area contributed by atoms with Crippen LogP contribution in [0.15, 0.2) is 24.3 Å². The smallest absolute Gasteiger partial charge is 0.306 e. The molecule has 0 radical (unpaired) electrons. The van der Waals surface area contributed by atoms with Crippen LogP contribution in [0.5, 0.6) is 0 Å². The third kappa shape index (κ3) is 3.70. The van der Waals surface area contributed by atoms with Crippen molar-refractivity contribution in [2.75, 3.05) is 5.32 Å². The van der Waals surface area contributed by atoms with Crippen LogP contribution in [0.25, 0.3) is 0 Å². The number of rotatable bonds is 3. The van der Waals surface area contributed by atoms with Crippen LogP contribution in [-0.4, -0.2) is 17.0 Å². The largest absolute Gasteiger partial charge is 0.481 e. The number of nitrogens with one attached hydrogen (secondary N) is 1. The zero-order valence-corrected chi connectivity index (χ0v) is 11.2. The Balaban J connectivity index is 1.96. The van der Waals surface area contributed by atoms with Crippen LogP contribution in [0.3, 0.4) is 0 Å². The van der Waals surface area contributed by atoms with Crippen LogP contribution in [0, 0.1) is 11.8 Å². The van der Waals surface area contributed by atoms with E-state index in [4.69, 9.17) is 16.7 Å². The van der Waals surface area contributed by atoms with Crippen molar-refractivity contribution >= 4 is 29.2 Å². The van der Waals surface area contributed by atoms with E-state index in [1.165, 1.54) is 0 Å². The molecule has 0 bridgehead atoms. The van der Waals surface area contributed by atoms with Gasteiger partial charge in [-0.05, 0) is 43.5 Å². The first-order valence-corrected chi connectivity index (χ1v) is 6.73. The van der Waals surface area contributed by atoms with Crippen molar-refractivity contribution < 1.29 is 14.7 Å². The molecule has 2 unspecified atom stereocenters. The molecule has 5 heteroatoms. The van der Waals surface area contributed by atoms with Gasteiger partial charge in [-0.15, -0.1) is 0 Å². The lowest BCUT2D eigenvalue weighted by atomic mass is 9.81. The molecule has 2 rings (SSSR count).